The van der Waals surface area contributed by atoms with Crippen LogP contribution in [0.1, 0.15) is 47.0 Å². The van der Waals surface area contributed by atoms with Gasteiger partial charge in [-0.1, -0.05) is 27.7 Å². The molecule has 74 valence electrons. The minimum absolute atomic E-state index is 0.556. The van der Waals surface area contributed by atoms with E-state index >= 15 is 0 Å². The van der Waals surface area contributed by atoms with Crippen molar-refractivity contribution in [1.82, 2.24) is 4.90 Å². The van der Waals surface area contributed by atoms with Crippen molar-refractivity contribution in [3.8, 4) is 0 Å². The van der Waals surface area contributed by atoms with Crippen LogP contribution in [0.3, 0.4) is 0 Å². The van der Waals surface area contributed by atoms with Gasteiger partial charge in [0.15, 0.2) is 0 Å². The first kappa shape index (κ1) is 12.0. The van der Waals surface area contributed by atoms with Gasteiger partial charge >= 0.3 is 0 Å². The van der Waals surface area contributed by atoms with Gasteiger partial charge in [-0.25, -0.2) is 0 Å². The molecule has 1 aliphatic carbocycles. The highest BCUT2D eigenvalue weighted by Gasteiger charge is 2.43. The van der Waals surface area contributed by atoms with E-state index < -0.39 is 0 Å². The van der Waals surface area contributed by atoms with Crippen molar-refractivity contribution >= 4 is 0 Å². The Morgan fingerprint density at radius 2 is 1.83 bits per heavy atom. The molecule has 0 heterocycles. The molecular weight excluding hydrogens is 146 g/mol. The van der Waals surface area contributed by atoms with Crippen LogP contribution < -0.4 is 0 Å². The quantitative estimate of drug-likeness (QED) is 0.617. The second-order valence-corrected chi connectivity index (χ2v) is 3.79. The largest absolute Gasteiger partial charge is 0.303 e. The molecule has 12 heavy (non-hydrogen) atoms. The fourth-order valence-corrected chi connectivity index (χ4v) is 2.27. The van der Waals surface area contributed by atoms with Gasteiger partial charge in [-0.3, -0.25) is 0 Å². The summed E-state index contributed by atoms with van der Waals surface area (Å²) in [5.41, 5.74) is 0.556. The normalized spacial score (nSPS) is 33.8. The van der Waals surface area contributed by atoms with Crippen molar-refractivity contribution in [3.05, 3.63) is 0 Å². The molecule has 0 aromatic carbocycles. The molecule has 1 unspecified atom stereocenters. The summed E-state index contributed by atoms with van der Waals surface area (Å²) in [5.74, 6) is 0.910. The molecule has 1 fully saturated rings. The highest BCUT2D eigenvalue weighted by Crippen LogP contribution is 2.44. The molecule has 0 aromatic rings. The van der Waals surface area contributed by atoms with E-state index in [0.29, 0.717) is 5.54 Å². The standard InChI is InChI=1S/C9H19N.C2H6/c1-5-9(10(3)4)7-6-8(9)2;1-2/h8H,5-7H2,1-4H3;1-2H3/t8?,9-;/m0./s1. The van der Waals surface area contributed by atoms with Crippen LogP contribution in [-0.2, 0) is 0 Å². The summed E-state index contributed by atoms with van der Waals surface area (Å²) < 4.78 is 0. The molecule has 0 saturated heterocycles. The van der Waals surface area contributed by atoms with Gasteiger partial charge < -0.3 is 4.90 Å². The van der Waals surface area contributed by atoms with Gasteiger partial charge in [-0.15, -0.1) is 0 Å². The maximum absolute atomic E-state index is 2.40. The van der Waals surface area contributed by atoms with Gasteiger partial charge in [0.2, 0.25) is 0 Å². The third-order valence-corrected chi connectivity index (χ3v) is 3.43. The number of nitrogens with zero attached hydrogens (tertiary/aromatic N) is 1. The summed E-state index contributed by atoms with van der Waals surface area (Å²) in [6.07, 6.45) is 4.13. The van der Waals surface area contributed by atoms with Crippen LogP contribution in [0.5, 0.6) is 0 Å². The van der Waals surface area contributed by atoms with Crippen molar-refractivity contribution in [3.63, 3.8) is 0 Å². The Hall–Kier alpha value is -0.0400. The van der Waals surface area contributed by atoms with Gasteiger partial charge in [-0.05, 0) is 39.3 Å². The zero-order valence-corrected chi connectivity index (χ0v) is 9.65. The first-order chi connectivity index (χ1) is 5.63. The molecule has 0 bridgehead atoms. The molecule has 1 nitrogen and oxygen atoms in total. The Morgan fingerprint density at radius 3 is 1.83 bits per heavy atom. The zero-order valence-electron chi connectivity index (χ0n) is 9.65. The third kappa shape index (κ3) is 1.82. The number of rotatable bonds is 2. The van der Waals surface area contributed by atoms with E-state index in [1.54, 1.807) is 0 Å². The highest BCUT2D eigenvalue weighted by molar-refractivity contribution is 4.99. The van der Waals surface area contributed by atoms with E-state index in [0.717, 1.165) is 5.92 Å². The molecule has 0 N–H and O–H groups in total. The van der Waals surface area contributed by atoms with Crippen LogP contribution in [0, 0.1) is 5.92 Å². The van der Waals surface area contributed by atoms with Gasteiger partial charge in [0, 0.05) is 5.54 Å². The second kappa shape index (κ2) is 4.86. The van der Waals surface area contributed by atoms with Crippen LogP contribution in [0.25, 0.3) is 0 Å². The monoisotopic (exact) mass is 171 g/mol. The molecule has 0 spiro atoms. The summed E-state index contributed by atoms with van der Waals surface area (Å²) in [6, 6.07) is 0. The van der Waals surface area contributed by atoms with Crippen molar-refractivity contribution in [1.29, 1.82) is 0 Å². The minimum Gasteiger partial charge on any atom is -0.303 e. The Bertz CT molecular complexity index is 109. The average molecular weight is 171 g/mol. The summed E-state index contributed by atoms with van der Waals surface area (Å²) in [7, 11) is 4.42. The Balaban J connectivity index is 0.000000561. The van der Waals surface area contributed by atoms with Crippen molar-refractivity contribution < 1.29 is 0 Å². The smallest absolute Gasteiger partial charge is 0.0226 e. The minimum atomic E-state index is 0.556. The first-order valence-electron chi connectivity index (χ1n) is 5.31. The Kier molecular flexibility index (Phi) is 4.84. The van der Waals surface area contributed by atoms with E-state index in [1.807, 2.05) is 13.8 Å². The molecule has 0 radical (unpaired) electrons. The molecule has 1 aliphatic rings. The summed E-state index contributed by atoms with van der Waals surface area (Å²) in [4.78, 5) is 2.40. The van der Waals surface area contributed by atoms with E-state index in [-0.39, 0.29) is 0 Å². The summed E-state index contributed by atoms with van der Waals surface area (Å²) >= 11 is 0. The SMILES string of the molecule is CC.CC[C@]1(N(C)C)CCC1C. The van der Waals surface area contributed by atoms with Crippen LogP contribution >= 0.6 is 0 Å². The molecule has 2 atom stereocenters. The second-order valence-electron chi connectivity index (χ2n) is 3.79. The van der Waals surface area contributed by atoms with Gasteiger partial charge in [0.05, 0.1) is 0 Å². The van der Waals surface area contributed by atoms with E-state index in [4.69, 9.17) is 0 Å². The number of hydrogen-bond donors (Lipinski definition) is 0. The lowest BCUT2D eigenvalue weighted by Gasteiger charge is -2.52. The fourth-order valence-electron chi connectivity index (χ4n) is 2.27. The van der Waals surface area contributed by atoms with Crippen molar-refractivity contribution in [2.24, 2.45) is 5.92 Å². The van der Waals surface area contributed by atoms with Crippen LogP contribution in [-0.4, -0.2) is 24.5 Å². The van der Waals surface area contributed by atoms with Crippen molar-refractivity contribution in [2.45, 2.75) is 52.5 Å². The predicted octanol–water partition coefficient (Wildman–Crippen LogP) is 3.15. The fraction of sp³-hybridized carbons (Fsp3) is 1.00. The van der Waals surface area contributed by atoms with Crippen LogP contribution in [0.15, 0.2) is 0 Å². The first-order valence-corrected chi connectivity index (χ1v) is 5.31. The van der Waals surface area contributed by atoms with Crippen molar-refractivity contribution in [2.75, 3.05) is 14.1 Å². The summed E-state index contributed by atoms with van der Waals surface area (Å²) in [6.45, 7) is 8.67. The molecule has 0 aromatic heterocycles. The molecular formula is C11H25N. The maximum atomic E-state index is 2.40. The van der Waals surface area contributed by atoms with Gasteiger partial charge in [0.25, 0.3) is 0 Å². The Labute approximate surface area is 78.1 Å². The zero-order chi connectivity index (χ0) is 9.78. The maximum Gasteiger partial charge on any atom is 0.0226 e. The van der Waals surface area contributed by atoms with Gasteiger partial charge in [0.1, 0.15) is 0 Å². The average Bonchev–Trinajstić information content (AvgIpc) is 2.07. The van der Waals surface area contributed by atoms with Crippen LogP contribution in [0.4, 0.5) is 0 Å². The van der Waals surface area contributed by atoms with E-state index in [9.17, 15) is 0 Å². The Morgan fingerprint density at radius 1 is 1.33 bits per heavy atom. The summed E-state index contributed by atoms with van der Waals surface area (Å²) in [5, 5.41) is 0. The lowest BCUT2D eigenvalue weighted by atomic mass is 9.65. The van der Waals surface area contributed by atoms with Crippen LogP contribution in [0.2, 0.25) is 0 Å². The molecule has 0 amide bonds. The van der Waals surface area contributed by atoms with E-state index in [1.165, 1.54) is 19.3 Å². The molecule has 0 aliphatic heterocycles. The topological polar surface area (TPSA) is 3.24 Å². The van der Waals surface area contributed by atoms with E-state index in [2.05, 4.69) is 32.8 Å². The predicted molar refractivity (Wildman–Crippen MR) is 56.5 cm³/mol. The highest BCUT2D eigenvalue weighted by atomic mass is 15.2. The van der Waals surface area contributed by atoms with Gasteiger partial charge in [-0.2, -0.15) is 0 Å². The lowest BCUT2D eigenvalue weighted by Crippen LogP contribution is -2.55. The number of hydrogen-bond acceptors (Lipinski definition) is 1. The lowest BCUT2D eigenvalue weighted by molar-refractivity contribution is -0.00613. The molecule has 1 saturated carbocycles. The molecule has 1 heteroatoms. The third-order valence-electron chi connectivity index (χ3n) is 3.43. The molecule has 1 rings (SSSR count).